The molecule has 4 aromatic rings. The van der Waals surface area contributed by atoms with Crippen LogP contribution in [-0.2, 0) is 24.9 Å². The number of allylic oxidation sites excluding steroid dienone is 1. The molecule has 0 fully saturated rings. The molecule has 33 heavy (non-hydrogen) atoms. The lowest BCUT2D eigenvalue weighted by Gasteiger charge is -2.19. The van der Waals surface area contributed by atoms with Crippen molar-refractivity contribution in [2.45, 2.75) is 45.7 Å². The molecule has 0 spiro atoms. The van der Waals surface area contributed by atoms with Crippen LogP contribution in [0, 0.1) is 0 Å². The summed E-state index contributed by atoms with van der Waals surface area (Å²) in [7, 11) is 0. The average Bonchev–Trinajstić information content (AvgIpc) is 3.32. The van der Waals surface area contributed by atoms with Crippen LogP contribution in [0.25, 0.3) is 16.7 Å². The minimum Gasteiger partial charge on any atom is -0.311 e. The molecule has 0 amide bonds. The Kier molecular flexibility index (Phi) is 5.34. The van der Waals surface area contributed by atoms with Crippen molar-refractivity contribution < 1.29 is 0 Å². The van der Waals surface area contributed by atoms with E-state index < -0.39 is 0 Å². The van der Waals surface area contributed by atoms with Crippen molar-refractivity contribution in [3.05, 3.63) is 63.8 Å². The Morgan fingerprint density at radius 1 is 1.30 bits per heavy atom. The number of rotatable bonds is 5. The Balaban J connectivity index is 1.63. The third-order valence-electron chi connectivity index (χ3n) is 5.55. The van der Waals surface area contributed by atoms with Gasteiger partial charge in [0.05, 0.1) is 17.9 Å². The maximum absolute atomic E-state index is 13.2. The third-order valence-corrected chi connectivity index (χ3v) is 6.63. The first-order valence-electron chi connectivity index (χ1n) is 10.9. The predicted octanol–water partition coefficient (Wildman–Crippen LogP) is 3.31. The van der Waals surface area contributed by atoms with Gasteiger partial charge in [0.2, 0.25) is 5.95 Å². The molecule has 0 saturated heterocycles. The molecule has 0 atom stereocenters. The van der Waals surface area contributed by atoms with E-state index in [1.165, 1.54) is 4.88 Å². The monoisotopic (exact) mass is 462 g/mol. The predicted molar refractivity (Wildman–Crippen MR) is 131 cm³/mol. The van der Waals surface area contributed by atoms with Crippen molar-refractivity contribution in [1.29, 1.82) is 0 Å². The number of fused-ring (bicyclic) bond motifs is 2. The summed E-state index contributed by atoms with van der Waals surface area (Å²) in [5.41, 5.74) is 3.02. The third kappa shape index (κ3) is 3.96. The first-order chi connectivity index (χ1) is 15.8. The zero-order chi connectivity index (χ0) is 23.2. The van der Waals surface area contributed by atoms with Gasteiger partial charge < -0.3 is 5.32 Å². The number of aromatic nitrogens is 6. The summed E-state index contributed by atoms with van der Waals surface area (Å²) in [6, 6.07) is 3.88. The molecule has 1 aliphatic heterocycles. The average molecular weight is 463 g/mol. The van der Waals surface area contributed by atoms with Crippen LogP contribution in [-0.4, -0.2) is 35.8 Å². The lowest BCUT2D eigenvalue weighted by atomic mass is 9.91. The highest BCUT2D eigenvalue weighted by Gasteiger charge is 2.21. The van der Waals surface area contributed by atoms with Gasteiger partial charge in [-0.3, -0.25) is 15.1 Å². The van der Waals surface area contributed by atoms with Gasteiger partial charge in [-0.2, -0.15) is 4.98 Å². The van der Waals surface area contributed by atoms with Crippen LogP contribution in [0.3, 0.4) is 0 Å². The van der Waals surface area contributed by atoms with Crippen molar-refractivity contribution in [2.75, 3.05) is 11.9 Å². The normalized spacial score (nSPS) is 13.8. The molecule has 170 valence electrons. The van der Waals surface area contributed by atoms with E-state index in [0.717, 1.165) is 41.7 Å². The summed E-state index contributed by atoms with van der Waals surface area (Å²) < 4.78 is 3.44. The van der Waals surface area contributed by atoms with Crippen LogP contribution in [0.5, 0.6) is 0 Å². The largest absolute Gasteiger partial charge is 0.311 e. The summed E-state index contributed by atoms with van der Waals surface area (Å²) in [5.74, 6) is 0.399. The van der Waals surface area contributed by atoms with Crippen LogP contribution >= 0.6 is 11.3 Å². The van der Waals surface area contributed by atoms with E-state index in [9.17, 15) is 4.79 Å². The molecule has 0 radical (unpaired) electrons. The SMILES string of the molecule is C=CCn1c(=O)c2cnc(Nc3nc4c(s3)CCNC4)nc2n1-c1ccnc(C(C)(C)C)c1. The Labute approximate surface area is 195 Å². The van der Waals surface area contributed by atoms with Gasteiger partial charge in [0, 0.05) is 41.5 Å². The molecule has 0 aromatic carbocycles. The molecule has 0 saturated carbocycles. The van der Waals surface area contributed by atoms with Crippen LogP contribution < -0.4 is 16.2 Å². The summed E-state index contributed by atoms with van der Waals surface area (Å²) in [6.45, 7) is 12.2. The number of nitrogens with one attached hydrogen (secondary N) is 2. The van der Waals surface area contributed by atoms with Gasteiger partial charge in [0.1, 0.15) is 5.39 Å². The number of nitrogens with zero attached hydrogens (tertiary/aromatic N) is 6. The molecule has 4 aromatic heterocycles. The number of hydrogen-bond acceptors (Lipinski definition) is 8. The molecule has 0 bridgehead atoms. The fraction of sp³-hybridized carbons (Fsp3) is 0.348. The minimum absolute atomic E-state index is 0.136. The number of thiazole rings is 1. The highest BCUT2D eigenvalue weighted by atomic mass is 32.1. The minimum atomic E-state index is -0.165. The summed E-state index contributed by atoms with van der Waals surface area (Å²) in [5, 5.41) is 7.76. The molecule has 0 unspecified atom stereocenters. The summed E-state index contributed by atoms with van der Waals surface area (Å²) in [4.78, 5) is 32.7. The lowest BCUT2D eigenvalue weighted by molar-refractivity contribution is 0.563. The van der Waals surface area contributed by atoms with E-state index in [1.807, 2.05) is 16.8 Å². The van der Waals surface area contributed by atoms with Gasteiger partial charge in [-0.15, -0.1) is 17.9 Å². The van der Waals surface area contributed by atoms with Crippen molar-refractivity contribution >= 4 is 33.5 Å². The topological polar surface area (TPSA) is 103 Å². The van der Waals surface area contributed by atoms with Crippen LogP contribution in [0.4, 0.5) is 11.1 Å². The van der Waals surface area contributed by atoms with E-state index >= 15 is 0 Å². The fourth-order valence-corrected chi connectivity index (χ4v) is 4.85. The zero-order valence-corrected chi connectivity index (χ0v) is 19.7. The molecule has 2 N–H and O–H groups in total. The van der Waals surface area contributed by atoms with Crippen molar-refractivity contribution in [3.63, 3.8) is 0 Å². The van der Waals surface area contributed by atoms with E-state index in [1.54, 1.807) is 34.5 Å². The standard InChI is InChI=1S/C23H26N8OS/c1-5-10-30-20(32)15-12-26-21(29-22-27-16-13-24-8-7-17(16)33-22)28-19(15)31(30)14-6-9-25-18(11-14)23(2,3)4/h5-6,9,11-12,24H,1,7-8,10,13H2,2-4H3,(H,26,27,28,29). The van der Waals surface area contributed by atoms with E-state index in [0.29, 0.717) is 23.5 Å². The van der Waals surface area contributed by atoms with Gasteiger partial charge in [-0.25, -0.2) is 19.3 Å². The number of anilines is 2. The maximum atomic E-state index is 13.2. The quantitative estimate of drug-likeness (QED) is 0.439. The first kappa shape index (κ1) is 21.5. The fourth-order valence-electron chi connectivity index (χ4n) is 3.87. The Bertz CT molecular complexity index is 1380. The molecule has 5 rings (SSSR count). The first-order valence-corrected chi connectivity index (χ1v) is 11.7. The Morgan fingerprint density at radius 3 is 2.91 bits per heavy atom. The van der Waals surface area contributed by atoms with Crippen molar-refractivity contribution in [1.82, 2.24) is 34.6 Å². The molecule has 10 heteroatoms. The van der Waals surface area contributed by atoms with E-state index in [2.05, 4.69) is 52.9 Å². The number of pyridine rings is 1. The van der Waals surface area contributed by atoms with Gasteiger partial charge >= 0.3 is 0 Å². The van der Waals surface area contributed by atoms with Gasteiger partial charge in [0.25, 0.3) is 5.56 Å². The smallest absolute Gasteiger partial charge is 0.278 e. The van der Waals surface area contributed by atoms with Gasteiger partial charge in [0.15, 0.2) is 10.8 Å². The van der Waals surface area contributed by atoms with Gasteiger partial charge in [-0.05, 0) is 18.6 Å². The van der Waals surface area contributed by atoms with Crippen LogP contribution in [0.1, 0.15) is 37.0 Å². The summed E-state index contributed by atoms with van der Waals surface area (Å²) >= 11 is 1.62. The van der Waals surface area contributed by atoms with E-state index in [-0.39, 0.29) is 11.0 Å². The van der Waals surface area contributed by atoms with Crippen molar-refractivity contribution in [2.24, 2.45) is 0 Å². The molecular formula is C23H26N8OS. The molecule has 9 nitrogen and oxygen atoms in total. The van der Waals surface area contributed by atoms with E-state index in [4.69, 9.17) is 4.98 Å². The number of hydrogen-bond donors (Lipinski definition) is 2. The second-order valence-corrected chi connectivity index (χ2v) is 10.1. The molecular weight excluding hydrogens is 436 g/mol. The molecule has 1 aliphatic rings. The maximum Gasteiger partial charge on any atom is 0.278 e. The van der Waals surface area contributed by atoms with Crippen LogP contribution in [0.2, 0.25) is 0 Å². The highest BCUT2D eigenvalue weighted by Crippen LogP contribution is 2.28. The summed E-state index contributed by atoms with van der Waals surface area (Å²) in [6.07, 6.45) is 6.00. The van der Waals surface area contributed by atoms with Crippen LogP contribution in [0.15, 0.2) is 42.0 Å². The lowest BCUT2D eigenvalue weighted by Crippen LogP contribution is -2.22. The Hall–Kier alpha value is -3.37. The molecule has 0 aliphatic carbocycles. The van der Waals surface area contributed by atoms with Crippen molar-refractivity contribution in [3.8, 4) is 5.69 Å². The second-order valence-electron chi connectivity index (χ2n) is 9.01. The van der Waals surface area contributed by atoms with Gasteiger partial charge in [-0.1, -0.05) is 26.8 Å². The molecule has 5 heterocycles. The second kappa shape index (κ2) is 8.20. The zero-order valence-electron chi connectivity index (χ0n) is 18.9. The Morgan fingerprint density at radius 2 is 2.15 bits per heavy atom. The highest BCUT2D eigenvalue weighted by molar-refractivity contribution is 7.15.